The molecule has 0 atom stereocenters. The number of thiazole rings is 1. The van der Waals surface area contributed by atoms with Crippen molar-refractivity contribution < 1.29 is 14.6 Å². The lowest BCUT2D eigenvalue weighted by Crippen LogP contribution is -2.24. The summed E-state index contributed by atoms with van der Waals surface area (Å²) in [6.07, 6.45) is -0.537. The fraction of sp³-hybridized carbons (Fsp3) is 0.500. The molecule has 0 saturated carbocycles. The third-order valence-electron chi connectivity index (χ3n) is 1.40. The Bertz CT molecular complexity index is 301. The predicted molar refractivity (Wildman–Crippen MR) is 52.1 cm³/mol. The highest BCUT2D eigenvalue weighted by Crippen LogP contribution is 2.07. The van der Waals surface area contributed by atoms with E-state index in [4.69, 9.17) is 5.11 Å². The Morgan fingerprint density at radius 2 is 2.57 bits per heavy atom. The van der Waals surface area contributed by atoms with Gasteiger partial charge in [-0.05, 0) is 6.92 Å². The summed E-state index contributed by atoms with van der Waals surface area (Å²) < 4.78 is 4.60. The molecule has 2 N–H and O–H groups in total. The van der Waals surface area contributed by atoms with Gasteiger partial charge in [0.15, 0.2) is 0 Å². The summed E-state index contributed by atoms with van der Waals surface area (Å²) in [7, 11) is 0. The van der Waals surface area contributed by atoms with Crippen molar-refractivity contribution in [2.24, 2.45) is 0 Å². The summed E-state index contributed by atoms with van der Waals surface area (Å²) in [5.41, 5.74) is 0.813. The molecule has 78 valence electrons. The predicted octanol–water partition coefficient (Wildman–Crippen LogP) is 0.670. The van der Waals surface area contributed by atoms with Crippen LogP contribution in [0.1, 0.15) is 10.7 Å². The average molecular weight is 216 g/mol. The van der Waals surface area contributed by atoms with Crippen molar-refractivity contribution in [1.29, 1.82) is 0 Å². The SMILES string of the molecule is Cc1nc(CNC(=O)OCCO)cs1. The fourth-order valence-corrected chi connectivity index (χ4v) is 1.45. The zero-order chi connectivity index (χ0) is 10.4. The highest BCUT2D eigenvalue weighted by molar-refractivity contribution is 7.09. The Balaban J connectivity index is 2.23. The molecule has 0 unspecified atom stereocenters. The molecule has 1 aromatic rings. The minimum absolute atomic E-state index is 0.0158. The van der Waals surface area contributed by atoms with E-state index in [0.717, 1.165) is 10.7 Å². The first kappa shape index (κ1) is 10.9. The van der Waals surface area contributed by atoms with E-state index in [1.807, 2.05) is 12.3 Å². The van der Waals surface area contributed by atoms with Crippen LogP contribution in [0.2, 0.25) is 0 Å². The Kier molecular flexibility index (Phi) is 4.34. The lowest BCUT2D eigenvalue weighted by Gasteiger charge is -2.03. The molecule has 0 aliphatic heterocycles. The second kappa shape index (κ2) is 5.56. The van der Waals surface area contributed by atoms with Crippen molar-refractivity contribution in [3.8, 4) is 0 Å². The second-order valence-electron chi connectivity index (χ2n) is 2.57. The maximum absolute atomic E-state index is 10.9. The van der Waals surface area contributed by atoms with E-state index in [-0.39, 0.29) is 13.2 Å². The molecule has 0 saturated heterocycles. The summed E-state index contributed by atoms with van der Waals surface area (Å²) in [6, 6.07) is 0. The van der Waals surface area contributed by atoms with Crippen LogP contribution in [-0.4, -0.2) is 29.4 Å². The van der Waals surface area contributed by atoms with Crippen molar-refractivity contribution >= 4 is 17.4 Å². The van der Waals surface area contributed by atoms with Gasteiger partial charge in [0.05, 0.1) is 23.9 Å². The molecule has 0 spiro atoms. The molecule has 0 aliphatic rings. The molecule has 0 aromatic carbocycles. The number of nitrogens with one attached hydrogen (secondary N) is 1. The van der Waals surface area contributed by atoms with E-state index in [1.54, 1.807) is 0 Å². The smallest absolute Gasteiger partial charge is 0.407 e. The number of ether oxygens (including phenoxy) is 1. The quantitative estimate of drug-likeness (QED) is 0.776. The van der Waals surface area contributed by atoms with Gasteiger partial charge >= 0.3 is 6.09 Å². The van der Waals surface area contributed by atoms with Crippen LogP contribution in [0.3, 0.4) is 0 Å². The van der Waals surface area contributed by atoms with Crippen LogP contribution in [0.15, 0.2) is 5.38 Å². The Labute approximate surface area is 85.7 Å². The maximum atomic E-state index is 10.9. The number of nitrogens with zero attached hydrogens (tertiary/aromatic N) is 1. The first-order valence-corrected chi connectivity index (χ1v) is 5.03. The lowest BCUT2D eigenvalue weighted by atomic mass is 10.5. The molecule has 6 heteroatoms. The molecule has 1 aromatic heterocycles. The van der Waals surface area contributed by atoms with Gasteiger partial charge < -0.3 is 15.2 Å². The Morgan fingerprint density at radius 1 is 1.79 bits per heavy atom. The number of rotatable bonds is 4. The molecular weight excluding hydrogens is 204 g/mol. The molecule has 5 nitrogen and oxygen atoms in total. The Hall–Kier alpha value is -1.14. The van der Waals surface area contributed by atoms with Crippen molar-refractivity contribution in [1.82, 2.24) is 10.3 Å². The highest BCUT2D eigenvalue weighted by atomic mass is 32.1. The van der Waals surface area contributed by atoms with Gasteiger partial charge in [0.25, 0.3) is 0 Å². The van der Waals surface area contributed by atoms with Crippen LogP contribution in [0, 0.1) is 6.92 Å². The Morgan fingerprint density at radius 3 is 3.14 bits per heavy atom. The van der Waals surface area contributed by atoms with Gasteiger partial charge in [-0.2, -0.15) is 0 Å². The van der Waals surface area contributed by atoms with Crippen LogP contribution in [0.5, 0.6) is 0 Å². The third-order valence-corrected chi connectivity index (χ3v) is 2.23. The van der Waals surface area contributed by atoms with E-state index in [9.17, 15) is 4.79 Å². The van der Waals surface area contributed by atoms with Crippen molar-refractivity contribution in [2.75, 3.05) is 13.2 Å². The number of amides is 1. The van der Waals surface area contributed by atoms with Gasteiger partial charge in [0.2, 0.25) is 0 Å². The number of carbonyl (C=O) groups excluding carboxylic acids is 1. The van der Waals surface area contributed by atoms with Gasteiger partial charge in [-0.25, -0.2) is 9.78 Å². The largest absolute Gasteiger partial charge is 0.447 e. The topological polar surface area (TPSA) is 71.5 Å². The van der Waals surface area contributed by atoms with Crippen LogP contribution >= 0.6 is 11.3 Å². The molecular formula is C8H12N2O3S. The summed E-state index contributed by atoms with van der Waals surface area (Å²) in [5.74, 6) is 0. The first-order chi connectivity index (χ1) is 6.72. The minimum atomic E-state index is -0.537. The maximum Gasteiger partial charge on any atom is 0.407 e. The van der Waals surface area contributed by atoms with Gasteiger partial charge in [-0.1, -0.05) is 0 Å². The first-order valence-electron chi connectivity index (χ1n) is 4.15. The molecule has 0 radical (unpaired) electrons. The molecule has 14 heavy (non-hydrogen) atoms. The molecule has 1 rings (SSSR count). The molecule has 0 bridgehead atoms. The normalized spacial score (nSPS) is 9.86. The standard InChI is InChI=1S/C8H12N2O3S/c1-6-10-7(5-14-6)4-9-8(12)13-3-2-11/h5,11H,2-4H2,1H3,(H,9,12). The van der Waals surface area contributed by atoms with Gasteiger partial charge in [0, 0.05) is 5.38 Å². The van der Waals surface area contributed by atoms with E-state index in [2.05, 4.69) is 15.0 Å². The van der Waals surface area contributed by atoms with Crippen LogP contribution < -0.4 is 5.32 Å². The van der Waals surface area contributed by atoms with Crippen molar-refractivity contribution in [2.45, 2.75) is 13.5 Å². The van der Waals surface area contributed by atoms with Crippen LogP contribution in [0.4, 0.5) is 4.79 Å². The lowest BCUT2D eigenvalue weighted by molar-refractivity contribution is 0.118. The molecule has 1 heterocycles. The van der Waals surface area contributed by atoms with E-state index in [0.29, 0.717) is 6.54 Å². The van der Waals surface area contributed by atoms with Crippen molar-refractivity contribution in [3.05, 3.63) is 16.1 Å². The number of carbonyl (C=O) groups is 1. The zero-order valence-corrected chi connectivity index (χ0v) is 8.63. The van der Waals surface area contributed by atoms with Gasteiger partial charge in [-0.3, -0.25) is 0 Å². The second-order valence-corrected chi connectivity index (χ2v) is 3.63. The average Bonchev–Trinajstić information content (AvgIpc) is 2.58. The fourth-order valence-electron chi connectivity index (χ4n) is 0.842. The number of hydrogen-bond acceptors (Lipinski definition) is 5. The van der Waals surface area contributed by atoms with Crippen LogP contribution in [-0.2, 0) is 11.3 Å². The van der Waals surface area contributed by atoms with Crippen LogP contribution in [0.25, 0.3) is 0 Å². The summed E-state index contributed by atoms with van der Waals surface area (Å²) in [6.45, 7) is 2.11. The van der Waals surface area contributed by atoms with Gasteiger partial charge in [0.1, 0.15) is 6.61 Å². The number of aryl methyl sites for hydroxylation is 1. The summed E-state index contributed by atoms with van der Waals surface area (Å²) in [4.78, 5) is 15.1. The molecule has 1 amide bonds. The number of alkyl carbamates (subject to hydrolysis) is 1. The number of aliphatic hydroxyl groups is 1. The zero-order valence-electron chi connectivity index (χ0n) is 7.82. The number of aromatic nitrogens is 1. The number of aliphatic hydroxyl groups excluding tert-OH is 1. The summed E-state index contributed by atoms with van der Waals surface area (Å²) >= 11 is 1.53. The summed E-state index contributed by atoms with van der Waals surface area (Å²) in [5, 5.41) is 13.7. The highest BCUT2D eigenvalue weighted by Gasteiger charge is 2.02. The molecule has 0 aliphatic carbocycles. The monoisotopic (exact) mass is 216 g/mol. The van der Waals surface area contributed by atoms with E-state index < -0.39 is 6.09 Å². The van der Waals surface area contributed by atoms with E-state index in [1.165, 1.54) is 11.3 Å². The minimum Gasteiger partial charge on any atom is -0.447 e. The number of hydrogen-bond donors (Lipinski definition) is 2. The molecule has 0 fully saturated rings. The van der Waals surface area contributed by atoms with Crippen molar-refractivity contribution in [3.63, 3.8) is 0 Å². The third kappa shape index (κ3) is 3.71. The van der Waals surface area contributed by atoms with E-state index >= 15 is 0 Å². The van der Waals surface area contributed by atoms with Gasteiger partial charge in [-0.15, -0.1) is 11.3 Å².